The maximum absolute atomic E-state index is 11.7. The average molecular weight is 413 g/mol. The largest absolute Gasteiger partial charge is 0.383 e. The third-order valence-corrected chi connectivity index (χ3v) is 4.31. The normalized spacial score (nSPS) is 12.6. The summed E-state index contributed by atoms with van der Waals surface area (Å²) in [6, 6.07) is 8.39. The van der Waals surface area contributed by atoms with Crippen molar-refractivity contribution in [2.24, 2.45) is 10.9 Å². The van der Waals surface area contributed by atoms with Gasteiger partial charge in [0.15, 0.2) is 5.96 Å². The van der Waals surface area contributed by atoms with Crippen molar-refractivity contribution in [2.45, 2.75) is 19.8 Å². The Morgan fingerprint density at radius 1 is 1.32 bits per heavy atom. The van der Waals surface area contributed by atoms with Gasteiger partial charge in [-0.05, 0) is 30.0 Å². The summed E-state index contributed by atoms with van der Waals surface area (Å²) in [7, 11) is 3.31. The molecular weight excluding hydrogens is 384 g/mol. The number of hydrogen-bond acceptors (Lipinski definition) is 3. The Kier molecular flexibility index (Phi) is 10.9. The highest BCUT2D eigenvalue weighted by molar-refractivity contribution is 9.10. The Balaban J connectivity index is 2.37. The van der Waals surface area contributed by atoms with E-state index in [0.717, 1.165) is 23.9 Å². The molecule has 0 aliphatic rings. The van der Waals surface area contributed by atoms with Crippen LogP contribution in [-0.4, -0.2) is 52.3 Å². The molecule has 6 nitrogen and oxygen atoms in total. The number of rotatable bonds is 10. The van der Waals surface area contributed by atoms with Crippen LogP contribution < -0.4 is 16.0 Å². The number of guanidine groups is 1. The highest BCUT2D eigenvalue weighted by Gasteiger charge is 2.10. The molecule has 1 atom stereocenters. The van der Waals surface area contributed by atoms with Gasteiger partial charge in [-0.25, -0.2) is 0 Å². The predicted octanol–water partition coefficient (Wildman–Crippen LogP) is 1.95. The molecule has 7 heteroatoms. The third kappa shape index (κ3) is 9.45. The van der Waals surface area contributed by atoms with Gasteiger partial charge in [0, 0.05) is 31.7 Å². The Hall–Kier alpha value is -1.60. The van der Waals surface area contributed by atoms with E-state index in [1.807, 2.05) is 6.07 Å². The summed E-state index contributed by atoms with van der Waals surface area (Å²) in [5.74, 6) is 1.04. The highest BCUT2D eigenvalue weighted by Crippen LogP contribution is 2.16. The molecule has 1 amide bonds. The van der Waals surface area contributed by atoms with Gasteiger partial charge in [-0.1, -0.05) is 41.4 Å². The van der Waals surface area contributed by atoms with Gasteiger partial charge in [-0.3, -0.25) is 9.79 Å². The van der Waals surface area contributed by atoms with Crippen molar-refractivity contribution in [3.63, 3.8) is 0 Å². The van der Waals surface area contributed by atoms with Crippen LogP contribution in [0.2, 0.25) is 0 Å². The number of ether oxygens (including phenoxy) is 1. The first-order chi connectivity index (χ1) is 12.1. The van der Waals surface area contributed by atoms with E-state index in [9.17, 15) is 4.79 Å². The minimum atomic E-state index is -0.0822. The molecule has 0 bridgehead atoms. The van der Waals surface area contributed by atoms with Crippen LogP contribution >= 0.6 is 15.9 Å². The molecule has 0 aromatic heterocycles. The molecule has 0 aliphatic carbocycles. The van der Waals surface area contributed by atoms with Crippen molar-refractivity contribution in [2.75, 3.05) is 40.4 Å². The quantitative estimate of drug-likeness (QED) is 0.312. The zero-order valence-electron chi connectivity index (χ0n) is 15.3. The Labute approximate surface area is 158 Å². The zero-order chi connectivity index (χ0) is 18.5. The molecule has 1 unspecified atom stereocenters. The standard InChI is InChI=1S/C18H29BrN4O2/c1-4-14(10-15-6-5-7-16(19)11-15)12-22-18(20-2)23-13-17(24)21-8-9-25-3/h5-7,11,14H,4,8-10,12-13H2,1-3H3,(H,21,24)(H2,20,22,23). The number of nitrogens with one attached hydrogen (secondary N) is 3. The van der Waals surface area contributed by atoms with Gasteiger partial charge < -0.3 is 20.7 Å². The van der Waals surface area contributed by atoms with Crippen LogP contribution in [0.5, 0.6) is 0 Å². The van der Waals surface area contributed by atoms with Crippen LogP contribution in [-0.2, 0) is 16.0 Å². The minimum absolute atomic E-state index is 0.0822. The molecule has 0 radical (unpaired) electrons. The van der Waals surface area contributed by atoms with Gasteiger partial charge in [0.1, 0.15) is 0 Å². The molecule has 1 aromatic carbocycles. The summed E-state index contributed by atoms with van der Waals surface area (Å²) in [4.78, 5) is 15.9. The number of methoxy groups -OCH3 is 1. The van der Waals surface area contributed by atoms with Crippen LogP contribution in [0.25, 0.3) is 0 Å². The monoisotopic (exact) mass is 412 g/mol. The SMILES string of the molecule is CCC(CNC(=NC)NCC(=O)NCCOC)Cc1cccc(Br)c1. The first-order valence-corrected chi connectivity index (χ1v) is 9.32. The number of carbonyl (C=O) groups is 1. The molecule has 1 rings (SSSR count). The van der Waals surface area contributed by atoms with Gasteiger partial charge in [0.2, 0.25) is 5.91 Å². The summed E-state index contributed by atoms with van der Waals surface area (Å²) < 4.78 is 6.00. The first-order valence-electron chi connectivity index (χ1n) is 8.53. The fraction of sp³-hybridized carbons (Fsp3) is 0.556. The van der Waals surface area contributed by atoms with E-state index in [1.54, 1.807) is 14.2 Å². The lowest BCUT2D eigenvalue weighted by molar-refractivity contribution is -0.120. The molecule has 0 heterocycles. The summed E-state index contributed by atoms with van der Waals surface area (Å²) >= 11 is 3.51. The van der Waals surface area contributed by atoms with Crippen LogP contribution in [0.3, 0.4) is 0 Å². The van der Waals surface area contributed by atoms with Crippen molar-refractivity contribution in [3.8, 4) is 0 Å². The third-order valence-electron chi connectivity index (χ3n) is 3.82. The lowest BCUT2D eigenvalue weighted by atomic mass is 9.97. The highest BCUT2D eigenvalue weighted by atomic mass is 79.9. The molecule has 140 valence electrons. The second-order valence-electron chi connectivity index (χ2n) is 5.76. The number of nitrogens with zero attached hydrogens (tertiary/aromatic N) is 1. The smallest absolute Gasteiger partial charge is 0.239 e. The average Bonchev–Trinajstić information content (AvgIpc) is 2.61. The molecule has 3 N–H and O–H groups in total. The molecule has 0 aliphatic heterocycles. The van der Waals surface area contributed by atoms with E-state index >= 15 is 0 Å². The van der Waals surface area contributed by atoms with Crippen molar-refractivity contribution in [1.29, 1.82) is 0 Å². The molecule has 1 aromatic rings. The fourth-order valence-electron chi connectivity index (χ4n) is 2.34. The second kappa shape index (κ2) is 12.7. The van der Waals surface area contributed by atoms with Gasteiger partial charge in [-0.15, -0.1) is 0 Å². The number of carbonyl (C=O) groups excluding carboxylic acids is 1. The van der Waals surface area contributed by atoms with E-state index in [1.165, 1.54) is 5.56 Å². The van der Waals surface area contributed by atoms with Crippen molar-refractivity contribution in [3.05, 3.63) is 34.3 Å². The van der Waals surface area contributed by atoms with Crippen molar-refractivity contribution in [1.82, 2.24) is 16.0 Å². The topological polar surface area (TPSA) is 74.8 Å². The maximum Gasteiger partial charge on any atom is 0.239 e. The van der Waals surface area contributed by atoms with Crippen molar-refractivity contribution < 1.29 is 9.53 Å². The lowest BCUT2D eigenvalue weighted by Crippen LogP contribution is -2.45. The Bertz CT molecular complexity index is 552. The maximum atomic E-state index is 11.7. The molecule has 25 heavy (non-hydrogen) atoms. The van der Waals surface area contributed by atoms with Gasteiger partial charge in [0.25, 0.3) is 0 Å². The van der Waals surface area contributed by atoms with Gasteiger partial charge >= 0.3 is 0 Å². The van der Waals surface area contributed by atoms with E-state index in [2.05, 4.69) is 62.0 Å². The van der Waals surface area contributed by atoms with Gasteiger partial charge in [0.05, 0.1) is 13.2 Å². The fourth-order valence-corrected chi connectivity index (χ4v) is 2.79. The number of halogens is 1. The van der Waals surface area contributed by atoms with E-state index in [0.29, 0.717) is 25.0 Å². The van der Waals surface area contributed by atoms with Crippen LogP contribution in [0.1, 0.15) is 18.9 Å². The Morgan fingerprint density at radius 3 is 2.76 bits per heavy atom. The lowest BCUT2D eigenvalue weighted by Gasteiger charge is -2.18. The van der Waals surface area contributed by atoms with Crippen LogP contribution in [0, 0.1) is 5.92 Å². The van der Waals surface area contributed by atoms with E-state index in [4.69, 9.17) is 4.74 Å². The first kappa shape index (κ1) is 21.4. The predicted molar refractivity (Wildman–Crippen MR) is 106 cm³/mol. The number of hydrogen-bond donors (Lipinski definition) is 3. The number of aliphatic imine (C=N–C) groups is 1. The summed E-state index contributed by atoms with van der Waals surface area (Å²) in [6.45, 7) is 4.18. The molecule has 0 fully saturated rings. The second-order valence-corrected chi connectivity index (χ2v) is 6.67. The van der Waals surface area contributed by atoms with Crippen molar-refractivity contribution >= 4 is 27.8 Å². The zero-order valence-corrected chi connectivity index (χ0v) is 16.9. The molecule has 0 saturated heterocycles. The molecule has 0 spiro atoms. The summed E-state index contributed by atoms with van der Waals surface area (Å²) in [6.07, 6.45) is 2.06. The van der Waals surface area contributed by atoms with Crippen LogP contribution in [0.15, 0.2) is 33.7 Å². The Morgan fingerprint density at radius 2 is 2.12 bits per heavy atom. The molecular formula is C18H29BrN4O2. The van der Waals surface area contributed by atoms with E-state index < -0.39 is 0 Å². The van der Waals surface area contributed by atoms with E-state index in [-0.39, 0.29) is 12.5 Å². The number of amides is 1. The molecule has 0 saturated carbocycles. The minimum Gasteiger partial charge on any atom is -0.383 e. The summed E-state index contributed by atoms with van der Waals surface area (Å²) in [5, 5.41) is 9.09. The van der Waals surface area contributed by atoms with Gasteiger partial charge in [-0.2, -0.15) is 0 Å². The number of benzene rings is 1. The van der Waals surface area contributed by atoms with Crippen LogP contribution in [0.4, 0.5) is 0 Å². The summed E-state index contributed by atoms with van der Waals surface area (Å²) in [5.41, 5.74) is 1.31.